The SMILES string of the molecule is CCN(c1ccccc1)S(=O)(=O)N(C)CCC(=O)OC. The van der Waals surface area contributed by atoms with Crippen molar-refractivity contribution in [3.05, 3.63) is 30.3 Å². The molecular weight excluding hydrogens is 280 g/mol. The lowest BCUT2D eigenvalue weighted by molar-refractivity contribution is -0.140. The lowest BCUT2D eigenvalue weighted by Crippen LogP contribution is -2.42. The third-order valence-corrected chi connectivity index (χ3v) is 4.86. The number of rotatable bonds is 7. The topological polar surface area (TPSA) is 66.9 Å². The van der Waals surface area contributed by atoms with E-state index >= 15 is 0 Å². The van der Waals surface area contributed by atoms with E-state index in [1.807, 2.05) is 6.07 Å². The number of hydrogen-bond acceptors (Lipinski definition) is 4. The molecule has 0 saturated carbocycles. The molecule has 0 aliphatic carbocycles. The summed E-state index contributed by atoms with van der Waals surface area (Å²) in [4.78, 5) is 11.1. The van der Waals surface area contributed by atoms with Crippen LogP contribution in [0.4, 0.5) is 5.69 Å². The fourth-order valence-corrected chi connectivity index (χ4v) is 3.08. The monoisotopic (exact) mass is 300 g/mol. The van der Waals surface area contributed by atoms with Gasteiger partial charge in [0.1, 0.15) is 0 Å². The van der Waals surface area contributed by atoms with Crippen molar-refractivity contribution in [3.8, 4) is 0 Å². The average Bonchev–Trinajstić information content (AvgIpc) is 2.45. The number of nitrogens with zero attached hydrogens (tertiary/aromatic N) is 2. The van der Waals surface area contributed by atoms with Gasteiger partial charge < -0.3 is 4.74 Å². The molecule has 7 heteroatoms. The first-order valence-electron chi connectivity index (χ1n) is 6.29. The molecule has 0 unspecified atom stereocenters. The molecule has 0 N–H and O–H groups in total. The maximum atomic E-state index is 12.5. The summed E-state index contributed by atoms with van der Waals surface area (Å²) in [7, 11) is -0.924. The first-order chi connectivity index (χ1) is 9.43. The second-order valence-electron chi connectivity index (χ2n) is 4.16. The summed E-state index contributed by atoms with van der Waals surface area (Å²) >= 11 is 0. The third kappa shape index (κ3) is 3.94. The van der Waals surface area contributed by atoms with Crippen LogP contribution >= 0.6 is 0 Å². The van der Waals surface area contributed by atoms with Gasteiger partial charge in [-0.25, -0.2) is 0 Å². The Morgan fingerprint density at radius 1 is 1.25 bits per heavy atom. The Balaban J connectivity index is 2.87. The second kappa shape index (κ2) is 7.25. The summed E-state index contributed by atoms with van der Waals surface area (Å²) < 4.78 is 31.9. The number of carbonyl (C=O) groups excluding carboxylic acids is 1. The van der Waals surface area contributed by atoms with Gasteiger partial charge in [0.15, 0.2) is 0 Å². The number of carbonyl (C=O) groups is 1. The maximum absolute atomic E-state index is 12.5. The van der Waals surface area contributed by atoms with Gasteiger partial charge in [-0.15, -0.1) is 0 Å². The Morgan fingerprint density at radius 3 is 2.35 bits per heavy atom. The van der Waals surface area contributed by atoms with Gasteiger partial charge >= 0.3 is 16.2 Å². The van der Waals surface area contributed by atoms with Crippen LogP contribution in [-0.2, 0) is 19.7 Å². The van der Waals surface area contributed by atoms with Crippen LogP contribution in [0.3, 0.4) is 0 Å². The third-order valence-electron chi connectivity index (χ3n) is 2.86. The maximum Gasteiger partial charge on any atom is 0.306 e. The minimum Gasteiger partial charge on any atom is -0.469 e. The number of anilines is 1. The molecule has 0 aliphatic rings. The summed E-state index contributed by atoms with van der Waals surface area (Å²) in [6, 6.07) is 8.85. The van der Waals surface area contributed by atoms with E-state index in [1.165, 1.54) is 18.5 Å². The fourth-order valence-electron chi connectivity index (χ4n) is 1.71. The molecule has 6 nitrogen and oxygen atoms in total. The van der Waals surface area contributed by atoms with Crippen LogP contribution < -0.4 is 4.31 Å². The summed E-state index contributed by atoms with van der Waals surface area (Å²) in [5.74, 6) is -0.435. The van der Waals surface area contributed by atoms with Crippen LogP contribution in [0.5, 0.6) is 0 Å². The molecule has 0 bridgehead atoms. The Kier molecular flexibility index (Phi) is 5.97. The van der Waals surface area contributed by atoms with E-state index in [9.17, 15) is 13.2 Å². The molecule has 112 valence electrons. The van der Waals surface area contributed by atoms with Gasteiger partial charge in [-0.2, -0.15) is 12.7 Å². The van der Waals surface area contributed by atoms with E-state index in [2.05, 4.69) is 4.74 Å². The quantitative estimate of drug-likeness (QED) is 0.711. The highest BCUT2D eigenvalue weighted by Gasteiger charge is 2.26. The minimum atomic E-state index is -3.65. The average molecular weight is 300 g/mol. The van der Waals surface area contributed by atoms with Crippen molar-refractivity contribution in [2.75, 3.05) is 31.6 Å². The van der Waals surface area contributed by atoms with E-state index in [-0.39, 0.29) is 13.0 Å². The van der Waals surface area contributed by atoms with Gasteiger partial charge in [0.05, 0.1) is 19.2 Å². The van der Waals surface area contributed by atoms with Crippen molar-refractivity contribution in [3.63, 3.8) is 0 Å². The van der Waals surface area contributed by atoms with E-state index < -0.39 is 16.2 Å². The molecule has 0 spiro atoms. The van der Waals surface area contributed by atoms with Crippen molar-refractivity contribution in [2.24, 2.45) is 0 Å². The largest absolute Gasteiger partial charge is 0.469 e. The van der Waals surface area contributed by atoms with Crippen molar-refractivity contribution < 1.29 is 17.9 Å². The number of methoxy groups -OCH3 is 1. The van der Waals surface area contributed by atoms with Crippen molar-refractivity contribution >= 4 is 21.9 Å². The summed E-state index contributed by atoms with van der Waals surface area (Å²) in [6.45, 7) is 2.16. The van der Waals surface area contributed by atoms with Crippen LogP contribution in [0.25, 0.3) is 0 Å². The van der Waals surface area contributed by atoms with E-state index in [4.69, 9.17) is 0 Å². The van der Waals surface area contributed by atoms with Crippen molar-refractivity contribution in [2.45, 2.75) is 13.3 Å². The van der Waals surface area contributed by atoms with E-state index in [0.717, 1.165) is 4.31 Å². The molecule has 1 aromatic rings. The minimum absolute atomic E-state index is 0.0264. The molecule has 0 aliphatic heterocycles. The second-order valence-corrected chi connectivity index (χ2v) is 6.12. The van der Waals surface area contributed by atoms with Gasteiger partial charge in [-0.1, -0.05) is 18.2 Å². The van der Waals surface area contributed by atoms with Gasteiger partial charge in [0.25, 0.3) is 0 Å². The molecule has 0 radical (unpaired) electrons. The van der Waals surface area contributed by atoms with E-state index in [1.54, 1.807) is 31.2 Å². The van der Waals surface area contributed by atoms with E-state index in [0.29, 0.717) is 12.2 Å². The van der Waals surface area contributed by atoms with Crippen LogP contribution in [0.2, 0.25) is 0 Å². The van der Waals surface area contributed by atoms with Crippen LogP contribution in [-0.4, -0.2) is 45.9 Å². The Morgan fingerprint density at radius 2 is 1.85 bits per heavy atom. The Hall–Kier alpha value is -1.60. The lowest BCUT2D eigenvalue weighted by atomic mass is 10.3. The fraction of sp³-hybridized carbons (Fsp3) is 0.462. The highest BCUT2D eigenvalue weighted by Crippen LogP contribution is 2.19. The molecule has 0 saturated heterocycles. The summed E-state index contributed by atoms with van der Waals surface area (Å²) in [5, 5.41) is 0. The van der Waals surface area contributed by atoms with Gasteiger partial charge in [0.2, 0.25) is 0 Å². The van der Waals surface area contributed by atoms with Gasteiger partial charge in [0, 0.05) is 20.1 Å². The number of ether oxygens (including phenoxy) is 1. The summed E-state index contributed by atoms with van der Waals surface area (Å²) in [5.41, 5.74) is 0.597. The first kappa shape index (κ1) is 16.5. The molecular formula is C13H20N2O4S. The predicted octanol–water partition coefficient (Wildman–Crippen LogP) is 1.25. The van der Waals surface area contributed by atoms with Gasteiger partial charge in [-0.05, 0) is 19.1 Å². The van der Waals surface area contributed by atoms with Gasteiger partial charge in [-0.3, -0.25) is 9.10 Å². The predicted molar refractivity (Wildman–Crippen MR) is 77.6 cm³/mol. The molecule has 0 amide bonds. The lowest BCUT2D eigenvalue weighted by Gasteiger charge is -2.28. The number of para-hydroxylation sites is 1. The number of hydrogen-bond donors (Lipinski definition) is 0. The highest BCUT2D eigenvalue weighted by atomic mass is 32.2. The molecule has 0 fully saturated rings. The van der Waals surface area contributed by atoms with Crippen LogP contribution in [0.15, 0.2) is 30.3 Å². The van der Waals surface area contributed by atoms with Crippen LogP contribution in [0.1, 0.15) is 13.3 Å². The highest BCUT2D eigenvalue weighted by molar-refractivity contribution is 7.90. The summed E-state index contributed by atoms with van der Waals surface area (Å²) in [6.07, 6.45) is 0.0264. The molecule has 1 aromatic carbocycles. The Labute approximate surface area is 120 Å². The molecule has 0 atom stereocenters. The molecule has 20 heavy (non-hydrogen) atoms. The Bertz CT molecular complexity index is 531. The zero-order valence-electron chi connectivity index (χ0n) is 11.9. The molecule has 0 heterocycles. The molecule has 1 rings (SSSR count). The number of benzene rings is 1. The first-order valence-corrected chi connectivity index (χ1v) is 7.69. The smallest absolute Gasteiger partial charge is 0.306 e. The van der Waals surface area contributed by atoms with Crippen LogP contribution in [0, 0.1) is 0 Å². The van der Waals surface area contributed by atoms with Crippen molar-refractivity contribution in [1.29, 1.82) is 0 Å². The number of esters is 1. The van der Waals surface area contributed by atoms with Crippen molar-refractivity contribution in [1.82, 2.24) is 4.31 Å². The zero-order chi connectivity index (χ0) is 15.2. The molecule has 0 aromatic heterocycles. The standard InChI is InChI=1S/C13H20N2O4S/c1-4-15(12-8-6-5-7-9-12)20(17,18)14(2)11-10-13(16)19-3/h5-9H,4,10-11H2,1-3H3. The normalized spacial score (nSPS) is 11.4. The zero-order valence-corrected chi connectivity index (χ0v) is 12.8.